The van der Waals surface area contributed by atoms with Crippen molar-refractivity contribution in [2.45, 2.75) is 12.5 Å². The van der Waals surface area contributed by atoms with E-state index in [0.717, 1.165) is 61.4 Å². The van der Waals surface area contributed by atoms with E-state index >= 15 is 0 Å². The molecule has 2 aliphatic heterocycles. The van der Waals surface area contributed by atoms with Crippen molar-refractivity contribution in [1.82, 2.24) is 19.7 Å². The maximum absolute atomic E-state index is 12.9. The first-order chi connectivity index (χ1) is 14.3. The van der Waals surface area contributed by atoms with Gasteiger partial charge in [-0.15, -0.1) is 0 Å². The summed E-state index contributed by atoms with van der Waals surface area (Å²) in [6.45, 7) is 4.58. The van der Waals surface area contributed by atoms with Gasteiger partial charge < -0.3 is 19.9 Å². The van der Waals surface area contributed by atoms with E-state index < -0.39 is 0 Å². The van der Waals surface area contributed by atoms with Crippen LogP contribution in [0.25, 0.3) is 10.8 Å². The molecule has 0 bridgehead atoms. The van der Waals surface area contributed by atoms with Crippen LogP contribution in [0.3, 0.4) is 0 Å². The van der Waals surface area contributed by atoms with Gasteiger partial charge in [0.15, 0.2) is 0 Å². The number of aromatic nitrogens is 3. The Bertz CT molecular complexity index is 1000. The number of hydrogen-bond donors (Lipinski definition) is 1. The summed E-state index contributed by atoms with van der Waals surface area (Å²) in [5.74, 6) is 0. The van der Waals surface area contributed by atoms with Crippen molar-refractivity contribution >= 4 is 28.2 Å². The quantitative estimate of drug-likeness (QED) is 0.742. The third kappa shape index (κ3) is 3.51. The second-order valence-electron chi connectivity index (χ2n) is 7.46. The van der Waals surface area contributed by atoms with Gasteiger partial charge in [-0.25, -0.2) is 4.79 Å². The molecule has 8 heteroatoms. The van der Waals surface area contributed by atoms with Crippen molar-refractivity contribution in [3.8, 4) is 0 Å². The van der Waals surface area contributed by atoms with Crippen LogP contribution >= 0.6 is 0 Å². The van der Waals surface area contributed by atoms with E-state index in [1.807, 2.05) is 40.2 Å². The Hall–Kier alpha value is -3.13. The zero-order valence-corrected chi connectivity index (χ0v) is 16.2. The fraction of sp³-hybridized carbons (Fsp3) is 0.381. The second-order valence-corrected chi connectivity index (χ2v) is 7.46. The summed E-state index contributed by atoms with van der Waals surface area (Å²) in [6.07, 6.45) is 8.26. The molecule has 2 fully saturated rings. The predicted molar refractivity (Wildman–Crippen MR) is 111 cm³/mol. The highest BCUT2D eigenvalue weighted by molar-refractivity contribution is 6.06. The van der Waals surface area contributed by atoms with E-state index in [1.165, 1.54) is 0 Å². The molecule has 0 aliphatic carbocycles. The minimum absolute atomic E-state index is 0.0797. The Kier molecular flexibility index (Phi) is 4.77. The van der Waals surface area contributed by atoms with Crippen molar-refractivity contribution < 1.29 is 9.53 Å². The molecular formula is C21H24N6O2. The van der Waals surface area contributed by atoms with Crippen LogP contribution in [0.4, 0.5) is 16.2 Å². The number of fused-ring (bicyclic) bond motifs is 1. The van der Waals surface area contributed by atoms with Gasteiger partial charge in [0, 0.05) is 67.4 Å². The molecule has 2 saturated heterocycles. The Morgan fingerprint density at radius 1 is 1.10 bits per heavy atom. The topological polar surface area (TPSA) is 75.5 Å². The molecule has 29 heavy (non-hydrogen) atoms. The highest BCUT2D eigenvalue weighted by Crippen LogP contribution is 2.33. The summed E-state index contributed by atoms with van der Waals surface area (Å²) < 4.78 is 7.41. The van der Waals surface area contributed by atoms with Crippen LogP contribution < -0.4 is 10.2 Å². The monoisotopic (exact) mass is 392 g/mol. The van der Waals surface area contributed by atoms with E-state index in [1.54, 1.807) is 12.4 Å². The van der Waals surface area contributed by atoms with Crippen LogP contribution in [-0.4, -0.2) is 65.1 Å². The van der Waals surface area contributed by atoms with Crippen LogP contribution in [0.5, 0.6) is 0 Å². The summed E-state index contributed by atoms with van der Waals surface area (Å²) in [6, 6.07) is 8.15. The van der Waals surface area contributed by atoms with Crippen LogP contribution in [0.15, 0.2) is 49.1 Å². The molecular weight excluding hydrogens is 368 g/mol. The van der Waals surface area contributed by atoms with Gasteiger partial charge in [0.05, 0.1) is 24.9 Å². The molecule has 1 atom stereocenters. The number of morpholine rings is 1. The number of benzene rings is 1. The molecule has 1 unspecified atom stereocenters. The van der Waals surface area contributed by atoms with E-state index in [4.69, 9.17) is 4.74 Å². The smallest absolute Gasteiger partial charge is 0.321 e. The van der Waals surface area contributed by atoms with Crippen molar-refractivity contribution in [1.29, 1.82) is 0 Å². The standard InChI is InChI=1S/C21H24N6O2/c28-21(26-9-5-16(15-26)27-8-1-6-23-27)24-19-2-3-20(25-10-12-29-13-11-25)17-4-7-22-14-18(17)19/h1-4,6-8,14,16H,5,9-13,15H2,(H,24,28). The average molecular weight is 392 g/mol. The molecule has 2 aromatic heterocycles. The van der Waals surface area contributed by atoms with Gasteiger partial charge in [0.25, 0.3) is 0 Å². The average Bonchev–Trinajstić information content (AvgIpc) is 3.46. The van der Waals surface area contributed by atoms with Crippen LogP contribution in [0, 0.1) is 0 Å². The lowest BCUT2D eigenvalue weighted by atomic mass is 10.1. The summed E-state index contributed by atoms with van der Waals surface area (Å²) in [5.41, 5.74) is 1.95. The number of amides is 2. The van der Waals surface area contributed by atoms with Gasteiger partial charge in [-0.2, -0.15) is 5.10 Å². The van der Waals surface area contributed by atoms with Crippen molar-refractivity contribution in [2.24, 2.45) is 0 Å². The molecule has 2 aliphatic rings. The van der Waals surface area contributed by atoms with Gasteiger partial charge in [-0.05, 0) is 30.7 Å². The van der Waals surface area contributed by atoms with Gasteiger partial charge in [0.2, 0.25) is 0 Å². The highest BCUT2D eigenvalue weighted by atomic mass is 16.5. The van der Waals surface area contributed by atoms with Crippen molar-refractivity contribution in [3.05, 3.63) is 49.1 Å². The number of nitrogens with one attached hydrogen (secondary N) is 1. The van der Waals surface area contributed by atoms with Gasteiger partial charge in [-0.1, -0.05) is 0 Å². The first-order valence-electron chi connectivity index (χ1n) is 10.0. The normalized spacial score (nSPS) is 19.7. The lowest BCUT2D eigenvalue weighted by Gasteiger charge is -2.30. The number of rotatable bonds is 3. The SMILES string of the molecule is O=C(Nc1ccc(N2CCOCC2)c2ccncc12)N1CCC(n2cccn2)C1. The summed E-state index contributed by atoms with van der Waals surface area (Å²) in [7, 11) is 0. The maximum atomic E-state index is 12.9. The first kappa shape index (κ1) is 17.9. The molecule has 4 heterocycles. The minimum atomic E-state index is -0.0797. The molecule has 0 saturated carbocycles. The molecule has 1 N–H and O–H groups in total. The molecule has 150 valence electrons. The number of nitrogens with zero attached hydrogens (tertiary/aromatic N) is 5. The van der Waals surface area contributed by atoms with Crippen LogP contribution in [0.2, 0.25) is 0 Å². The molecule has 0 spiro atoms. The second kappa shape index (κ2) is 7.71. The Labute approximate surface area is 169 Å². The molecule has 5 rings (SSSR count). The molecule has 1 aromatic carbocycles. The summed E-state index contributed by atoms with van der Waals surface area (Å²) in [5, 5.41) is 9.45. The van der Waals surface area contributed by atoms with Crippen LogP contribution in [-0.2, 0) is 4.74 Å². The van der Waals surface area contributed by atoms with Crippen LogP contribution in [0.1, 0.15) is 12.5 Å². The number of pyridine rings is 1. The molecule has 0 radical (unpaired) electrons. The third-order valence-electron chi connectivity index (χ3n) is 5.74. The number of ether oxygens (including phenoxy) is 1. The number of hydrogen-bond acceptors (Lipinski definition) is 5. The number of anilines is 2. The minimum Gasteiger partial charge on any atom is -0.378 e. The number of urea groups is 1. The van der Waals surface area contributed by atoms with Crippen molar-refractivity contribution in [2.75, 3.05) is 49.6 Å². The zero-order chi connectivity index (χ0) is 19.6. The molecule has 3 aromatic rings. The lowest BCUT2D eigenvalue weighted by molar-refractivity contribution is 0.123. The number of likely N-dealkylation sites (tertiary alicyclic amines) is 1. The largest absolute Gasteiger partial charge is 0.378 e. The fourth-order valence-corrected chi connectivity index (χ4v) is 4.20. The fourth-order valence-electron chi connectivity index (χ4n) is 4.20. The van der Waals surface area contributed by atoms with E-state index in [9.17, 15) is 4.79 Å². The predicted octanol–water partition coefficient (Wildman–Crippen LogP) is 2.75. The Balaban J connectivity index is 1.36. The first-order valence-corrected chi connectivity index (χ1v) is 10.0. The number of carbonyl (C=O) groups is 1. The Morgan fingerprint density at radius 3 is 2.83 bits per heavy atom. The summed E-state index contributed by atoms with van der Waals surface area (Å²) in [4.78, 5) is 21.4. The number of carbonyl (C=O) groups excluding carboxylic acids is 1. The zero-order valence-electron chi connectivity index (χ0n) is 16.2. The van der Waals surface area contributed by atoms with Gasteiger partial charge >= 0.3 is 6.03 Å². The van der Waals surface area contributed by atoms with Gasteiger partial charge in [0.1, 0.15) is 0 Å². The molecule has 2 amide bonds. The lowest BCUT2D eigenvalue weighted by Crippen LogP contribution is -2.36. The van der Waals surface area contributed by atoms with Crippen molar-refractivity contribution in [3.63, 3.8) is 0 Å². The van der Waals surface area contributed by atoms with E-state index in [2.05, 4.69) is 26.4 Å². The summed E-state index contributed by atoms with van der Waals surface area (Å²) >= 11 is 0. The highest BCUT2D eigenvalue weighted by Gasteiger charge is 2.28. The van der Waals surface area contributed by atoms with E-state index in [0.29, 0.717) is 6.54 Å². The molecule has 8 nitrogen and oxygen atoms in total. The van der Waals surface area contributed by atoms with E-state index in [-0.39, 0.29) is 12.1 Å². The maximum Gasteiger partial charge on any atom is 0.321 e. The third-order valence-corrected chi connectivity index (χ3v) is 5.74. The van der Waals surface area contributed by atoms with Gasteiger partial charge in [-0.3, -0.25) is 9.67 Å². The Morgan fingerprint density at radius 2 is 2.00 bits per heavy atom.